The minimum atomic E-state index is -1.07. The molecule has 0 fully saturated rings. The molecule has 0 radical (unpaired) electrons. The quantitative estimate of drug-likeness (QED) is 0.661. The van der Waals surface area contributed by atoms with Gasteiger partial charge in [0.25, 0.3) is 0 Å². The summed E-state index contributed by atoms with van der Waals surface area (Å²) in [5.41, 5.74) is 2.28. The first-order chi connectivity index (χ1) is 6.79. The Labute approximate surface area is 82.9 Å². The van der Waals surface area contributed by atoms with Gasteiger partial charge in [0.2, 0.25) is 0 Å². The molecular weight excluding hydrogens is 176 g/mol. The van der Waals surface area contributed by atoms with Gasteiger partial charge in [-0.15, -0.1) is 0 Å². The molecule has 0 N–H and O–H groups in total. The van der Waals surface area contributed by atoms with E-state index in [0.29, 0.717) is 5.57 Å². The van der Waals surface area contributed by atoms with Crippen LogP contribution < -0.4 is 5.11 Å². The van der Waals surface area contributed by atoms with Crippen LogP contribution in [0.2, 0.25) is 0 Å². The maximum Gasteiger partial charge on any atom is 0.0718 e. The second-order valence-electron chi connectivity index (χ2n) is 3.45. The highest BCUT2D eigenvalue weighted by molar-refractivity contribution is 6.14. The first-order valence-electron chi connectivity index (χ1n) is 4.79. The molecule has 1 aliphatic rings. The number of hydrogen-bond acceptors (Lipinski definition) is 2. The summed E-state index contributed by atoms with van der Waals surface area (Å²) in [6.07, 6.45) is 4.54. The van der Waals surface area contributed by atoms with Crippen LogP contribution in [0.4, 0.5) is 0 Å². The number of carbonyl (C=O) groups is 1. The summed E-state index contributed by atoms with van der Waals surface area (Å²) < 4.78 is 0. The number of hydrogen-bond donors (Lipinski definition) is 0. The third kappa shape index (κ3) is 1.55. The molecule has 72 valence electrons. The Bertz CT molecular complexity index is 391. The second-order valence-corrected chi connectivity index (χ2v) is 3.45. The molecule has 0 saturated heterocycles. The summed E-state index contributed by atoms with van der Waals surface area (Å²) in [5.74, 6) is -1.07. The summed E-state index contributed by atoms with van der Waals surface area (Å²) >= 11 is 0. The second kappa shape index (κ2) is 3.66. The van der Waals surface area contributed by atoms with Crippen LogP contribution in [0.3, 0.4) is 0 Å². The molecule has 2 nitrogen and oxygen atoms in total. The lowest BCUT2D eigenvalue weighted by molar-refractivity contribution is -0.295. The molecule has 0 aliphatic heterocycles. The molecule has 14 heavy (non-hydrogen) atoms. The van der Waals surface area contributed by atoms with Gasteiger partial charge in [-0.2, -0.15) is 0 Å². The van der Waals surface area contributed by atoms with Crippen molar-refractivity contribution in [2.75, 3.05) is 0 Å². The third-order valence-electron chi connectivity index (χ3n) is 2.53. The van der Waals surface area contributed by atoms with Crippen molar-refractivity contribution in [3.63, 3.8) is 0 Å². The van der Waals surface area contributed by atoms with Crippen molar-refractivity contribution in [3.05, 3.63) is 41.5 Å². The van der Waals surface area contributed by atoms with Crippen molar-refractivity contribution in [2.45, 2.75) is 19.3 Å². The smallest absolute Gasteiger partial charge is 0.0718 e. The number of rotatable bonds is 1. The van der Waals surface area contributed by atoms with E-state index < -0.39 is 5.97 Å². The highest BCUT2D eigenvalue weighted by Gasteiger charge is 2.10. The highest BCUT2D eigenvalue weighted by Crippen LogP contribution is 2.24. The van der Waals surface area contributed by atoms with Crippen LogP contribution in [0.25, 0.3) is 5.57 Å². The molecule has 1 aromatic carbocycles. The maximum absolute atomic E-state index is 10.9. The minimum Gasteiger partial charge on any atom is -0.545 e. The fraction of sp³-hybridized carbons (Fsp3) is 0.250. The Morgan fingerprint density at radius 3 is 2.86 bits per heavy atom. The van der Waals surface area contributed by atoms with E-state index in [4.69, 9.17) is 0 Å². The van der Waals surface area contributed by atoms with Gasteiger partial charge in [-0.25, -0.2) is 0 Å². The summed E-state index contributed by atoms with van der Waals surface area (Å²) in [4.78, 5) is 10.9. The fourth-order valence-electron chi connectivity index (χ4n) is 1.84. The predicted octanol–water partition coefficient (Wildman–Crippen LogP) is 1.16. The lowest BCUT2D eigenvalue weighted by atomic mass is 9.99. The van der Waals surface area contributed by atoms with Crippen molar-refractivity contribution < 1.29 is 9.90 Å². The number of aliphatic carboxylic acids is 1. The Balaban J connectivity index is 2.53. The van der Waals surface area contributed by atoms with E-state index in [1.807, 2.05) is 24.3 Å². The molecule has 1 aromatic rings. The van der Waals surface area contributed by atoms with Gasteiger partial charge in [-0.05, 0) is 30.4 Å². The van der Waals surface area contributed by atoms with Gasteiger partial charge >= 0.3 is 0 Å². The molecule has 0 spiro atoms. The Morgan fingerprint density at radius 1 is 1.29 bits per heavy atom. The summed E-state index contributed by atoms with van der Waals surface area (Å²) in [6.45, 7) is 0. The van der Waals surface area contributed by atoms with Crippen LogP contribution in [-0.4, -0.2) is 5.97 Å². The Hall–Kier alpha value is -1.57. The van der Waals surface area contributed by atoms with E-state index in [1.54, 1.807) is 6.08 Å². The van der Waals surface area contributed by atoms with Gasteiger partial charge in [0.15, 0.2) is 0 Å². The first kappa shape index (κ1) is 9.00. The number of allylic oxidation sites excluding steroid dienone is 1. The summed E-state index contributed by atoms with van der Waals surface area (Å²) in [7, 11) is 0. The SMILES string of the molecule is O=C([O-])C1=CCCCc2ccccc21. The molecule has 2 heteroatoms. The van der Waals surface area contributed by atoms with Crippen LogP contribution >= 0.6 is 0 Å². The summed E-state index contributed by atoms with van der Waals surface area (Å²) in [5, 5.41) is 10.9. The third-order valence-corrected chi connectivity index (χ3v) is 2.53. The van der Waals surface area contributed by atoms with E-state index in [-0.39, 0.29) is 0 Å². The lowest BCUT2D eigenvalue weighted by Gasteiger charge is -2.10. The Morgan fingerprint density at radius 2 is 2.07 bits per heavy atom. The lowest BCUT2D eigenvalue weighted by Crippen LogP contribution is -2.23. The predicted molar refractivity (Wildman–Crippen MR) is 52.4 cm³/mol. The van der Waals surface area contributed by atoms with Crippen LogP contribution in [0.5, 0.6) is 0 Å². The molecule has 0 bridgehead atoms. The van der Waals surface area contributed by atoms with Crippen molar-refractivity contribution in [2.24, 2.45) is 0 Å². The molecule has 0 amide bonds. The van der Waals surface area contributed by atoms with Crippen molar-refractivity contribution in [1.29, 1.82) is 0 Å². The average molecular weight is 187 g/mol. The largest absolute Gasteiger partial charge is 0.545 e. The van der Waals surface area contributed by atoms with E-state index in [0.717, 1.165) is 30.4 Å². The Kier molecular flexibility index (Phi) is 2.35. The maximum atomic E-state index is 10.9. The van der Waals surface area contributed by atoms with Gasteiger partial charge < -0.3 is 9.90 Å². The standard InChI is InChI=1S/C12H12O2/c13-12(14)11-8-4-2-6-9-5-1-3-7-10(9)11/h1,3,5,7-8H,2,4,6H2,(H,13,14)/p-1. The van der Waals surface area contributed by atoms with Crippen LogP contribution in [0.15, 0.2) is 30.3 Å². The molecule has 2 rings (SSSR count). The van der Waals surface area contributed by atoms with Crippen molar-refractivity contribution >= 4 is 11.5 Å². The number of aryl methyl sites for hydroxylation is 1. The van der Waals surface area contributed by atoms with Crippen molar-refractivity contribution in [3.8, 4) is 0 Å². The molecule has 0 atom stereocenters. The zero-order chi connectivity index (χ0) is 9.97. The zero-order valence-corrected chi connectivity index (χ0v) is 7.82. The molecule has 0 aromatic heterocycles. The zero-order valence-electron chi connectivity index (χ0n) is 7.82. The van der Waals surface area contributed by atoms with Crippen LogP contribution in [-0.2, 0) is 11.2 Å². The first-order valence-corrected chi connectivity index (χ1v) is 4.79. The molecule has 0 unspecified atom stereocenters. The van der Waals surface area contributed by atoms with Gasteiger partial charge in [0.05, 0.1) is 5.97 Å². The highest BCUT2D eigenvalue weighted by atomic mass is 16.4. The molecule has 0 saturated carbocycles. The summed E-state index contributed by atoms with van der Waals surface area (Å²) in [6, 6.07) is 7.64. The van der Waals surface area contributed by atoms with Crippen LogP contribution in [0, 0.1) is 0 Å². The molecule has 0 heterocycles. The molecule has 1 aliphatic carbocycles. The average Bonchev–Trinajstić information content (AvgIpc) is 2.39. The fourth-order valence-corrected chi connectivity index (χ4v) is 1.84. The number of carboxylic acids is 1. The number of benzene rings is 1. The van der Waals surface area contributed by atoms with Gasteiger partial charge in [0.1, 0.15) is 0 Å². The van der Waals surface area contributed by atoms with Crippen molar-refractivity contribution in [1.82, 2.24) is 0 Å². The monoisotopic (exact) mass is 187 g/mol. The number of carbonyl (C=O) groups excluding carboxylic acids is 1. The van der Waals surface area contributed by atoms with Crippen LogP contribution in [0.1, 0.15) is 24.0 Å². The van der Waals surface area contributed by atoms with E-state index in [2.05, 4.69) is 0 Å². The topological polar surface area (TPSA) is 40.1 Å². The normalized spacial score (nSPS) is 15.3. The van der Waals surface area contributed by atoms with Gasteiger partial charge in [-0.3, -0.25) is 0 Å². The number of carboxylic acid groups (broad SMARTS) is 1. The minimum absolute atomic E-state index is 0.345. The van der Waals surface area contributed by atoms with E-state index in [1.165, 1.54) is 0 Å². The van der Waals surface area contributed by atoms with E-state index in [9.17, 15) is 9.90 Å². The molecular formula is C12H11O2-. The van der Waals surface area contributed by atoms with Gasteiger partial charge in [0, 0.05) is 5.57 Å². The van der Waals surface area contributed by atoms with Gasteiger partial charge in [-0.1, -0.05) is 30.3 Å². The number of fused-ring (bicyclic) bond motifs is 1. The van der Waals surface area contributed by atoms with E-state index >= 15 is 0 Å².